The number of nitrogens with one attached hydrogen (secondary N) is 2. The van der Waals surface area contributed by atoms with Gasteiger partial charge in [0.05, 0.1) is 23.1 Å². The normalized spacial score (nSPS) is 15.7. The Kier molecular flexibility index (Phi) is 6.49. The van der Waals surface area contributed by atoms with Gasteiger partial charge in [0.1, 0.15) is 6.17 Å². The van der Waals surface area contributed by atoms with Crippen LogP contribution in [0.1, 0.15) is 46.9 Å². The zero-order chi connectivity index (χ0) is 20.1. The van der Waals surface area contributed by atoms with E-state index in [1.165, 1.54) is 30.7 Å². The van der Waals surface area contributed by atoms with Gasteiger partial charge in [0.2, 0.25) is 0 Å². The van der Waals surface area contributed by atoms with Crippen LogP contribution >= 0.6 is 0 Å². The van der Waals surface area contributed by atoms with Crippen molar-refractivity contribution in [2.24, 2.45) is 0 Å². The first kappa shape index (κ1) is 20.1. The molecule has 0 amide bonds. The second-order valence-electron chi connectivity index (χ2n) is 7.51. The van der Waals surface area contributed by atoms with E-state index < -0.39 is 5.97 Å². The van der Waals surface area contributed by atoms with Crippen LogP contribution in [0.25, 0.3) is 0 Å². The van der Waals surface area contributed by atoms with E-state index in [1.54, 1.807) is 6.20 Å². The number of fused-ring (bicyclic) bond motifs is 1. The molecule has 0 spiro atoms. The molecule has 7 nitrogen and oxygen atoms in total. The molecule has 0 aliphatic carbocycles. The standard InChI is InChI=1S/C21H29N5O2/c1-15-7-8-19-17(13-15)20(23-18-14-22-10-9-16(18)21(27)28)24-26(19)12-6-4-5-11-25(2)3/h7-10,13-14,20,23-24H,4-6,11-12H2,1-3H3,(H,27,28). The molecule has 0 saturated carbocycles. The molecule has 28 heavy (non-hydrogen) atoms. The molecule has 3 N–H and O–H groups in total. The van der Waals surface area contributed by atoms with Crippen LogP contribution < -0.4 is 15.8 Å². The summed E-state index contributed by atoms with van der Waals surface area (Å²) >= 11 is 0. The number of aromatic carboxylic acids is 1. The van der Waals surface area contributed by atoms with Crippen molar-refractivity contribution in [3.8, 4) is 0 Å². The van der Waals surface area contributed by atoms with Gasteiger partial charge in [-0.05, 0) is 52.5 Å². The predicted molar refractivity (Wildman–Crippen MR) is 112 cm³/mol. The van der Waals surface area contributed by atoms with E-state index in [4.69, 9.17) is 0 Å². The minimum atomic E-state index is -0.967. The van der Waals surface area contributed by atoms with Crippen LogP contribution in [0.5, 0.6) is 0 Å². The lowest BCUT2D eigenvalue weighted by Gasteiger charge is -2.22. The molecule has 1 aliphatic heterocycles. The number of carbonyl (C=O) groups is 1. The SMILES string of the molecule is Cc1ccc2c(c1)C(Nc1cnccc1C(=O)O)NN2CCCCCN(C)C. The molecule has 3 rings (SSSR count). The molecule has 7 heteroatoms. The smallest absolute Gasteiger partial charge is 0.337 e. The van der Waals surface area contributed by atoms with E-state index >= 15 is 0 Å². The molecule has 0 radical (unpaired) electrons. The third-order valence-electron chi connectivity index (χ3n) is 4.91. The third-order valence-corrected chi connectivity index (χ3v) is 4.91. The van der Waals surface area contributed by atoms with E-state index in [-0.39, 0.29) is 11.7 Å². The van der Waals surface area contributed by atoms with E-state index in [0.29, 0.717) is 5.69 Å². The zero-order valence-corrected chi connectivity index (χ0v) is 16.8. The van der Waals surface area contributed by atoms with Gasteiger partial charge in [0.15, 0.2) is 0 Å². The van der Waals surface area contributed by atoms with Crippen LogP contribution in [-0.4, -0.2) is 48.1 Å². The molecule has 150 valence electrons. The van der Waals surface area contributed by atoms with Crippen molar-refractivity contribution in [2.45, 2.75) is 32.4 Å². The number of carboxylic acids is 1. The van der Waals surface area contributed by atoms with Gasteiger partial charge < -0.3 is 20.3 Å². The van der Waals surface area contributed by atoms with Crippen LogP contribution in [0.15, 0.2) is 36.7 Å². The van der Waals surface area contributed by atoms with Gasteiger partial charge in [-0.3, -0.25) is 4.98 Å². The maximum Gasteiger partial charge on any atom is 0.337 e. The highest BCUT2D eigenvalue weighted by atomic mass is 16.4. The number of unbranched alkanes of at least 4 members (excludes halogenated alkanes) is 2. The average Bonchev–Trinajstić information content (AvgIpc) is 2.98. The Morgan fingerprint density at radius 2 is 2.11 bits per heavy atom. The van der Waals surface area contributed by atoms with Gasteiger partial charge in [-0.1, -0.05) is 24.1 Å². The molecular formula is C21H29N5O2. The maximum absolute atomic E-state index is 11.5. The number of hydrogen-bond donors (Lipinski definition) is 3. The Bertz CT molecular complexity index is 824. The molecule has 0 bridgehead atoms. The molecule has 1 aliphatic rings. The van der Waals surface area contributed by atoms with E-state index in [2.05, 4.69) is 64.9 Å². The number of carboxylic acid groups (broad SMARTS) is 1. The lowest BCUT2D eigenvalue weighted by Crippen LogP contribution is -2.38. The minimum Gasteiger partial charge on any atom is -0.478 e. The summed E-state index contributed by atoms with van der Waals surface area (Å²) in [4.78, 5) is 17.8. The van der Waals surface area contributed by atoms with Crippen LogP contribution in [0.2, 0.25) is 0 Å². The number of pyridine rings is 1. The maximum atomic E-state index is 11.5. The summed E-state index contributed by atoms with van der Waals surface area (Å²) in [5.41, 5.74) is 7.64. The molecule has 0 saturated heterocycles. The lowest BCUT2D eigenvalue weighted by molar-refractivity contribution is 0.0697. The summed E-state index contributed by atoms with van der Waals surface area (Å²) in [5.74, 6) is -0.967. The van der Waals surface area contributed by atoms with Crippen molar-refractivity contribution in [1.82, 2.24) is 15.3 Å². The summed E-state index contributed by atoms with van der Waals surface area (Å²) in [6.45, 7) is 4.07. The quantitative estimate of drug-likeness (QED) is 0.574. The summed E-state index contributed by atoms with van der Waals surface area (Å²) < 4.78 is 0. The number of hydrogen-bond acceptors (Lipinski definition) is 6. The van der Waals surface area contributed by atoms with Gasteiger partial charge in [0.25, 0.3) is 0 Å². The fraction of sp³-hybridized carbons (Fsp3) is 0.429. The summed E-state index contributed by atoms with van der Waals surface area (Å²) in [6, 6.07) is 7.89. The number of rotatable bonds is 9. The van der Waals surface area contributed by atoms with Crippen molar-refractivity contribution >= 4 is 17.3 Å². The third kappa shape index (κ3) is 4.79. The molecule has 1 aromatic heterocycles. The van der Waals surface area contributed by atoms with Crippen molar-refractivity contribution in [3.63, 3.8) is 0 Å². The Labute approximate surface area is 166 Å². The lowest BCUT2D eigenvalue weighted by atomic mass is 10.1. The first-order chi connectivity index (χ1) is 13.5. The average molecular weight is 383 g/mol. The molecule has 1 atom stereocenters. The predicted octanol–water partition coefficient (Wildman–Crippen LogP) is 3.26. The fourth-order valence-electron chi connectivity index (χ4n) is 3.47. The molecule has 2 aromatic rings. The van der Waals surface area contributed by atoms with Crippen molar-refractivity contribution in [1.29, 1.82) is 0 Å². The largest absolute Gasteiger partial charge is 0.478 e. The number of hydrazine groups is 1. The molecular weight excluding hydrogens is 354 g/mol. The minimum absolute atomic E-state index is 0.195. The summed E-state index contributed by atoms with van der Waals surface area (Å²) in [5, 5.41) is 14.9. The fourth-order valence-corrected chi connectivity index (χ4v) is 3.47. The molecule has 1 unspecified atom stereocenters. The monoisotopic (exact) mass is 383 g/mol. The highest BCUT2D eigenvalue weighted by Crippen LogP contribution is 2.34. The molecule has 1 aromatic carbocycles. The van der Waals surface area contributed by atoms with Crippen LogP contribution in [0.4, 0.5) is 11.4 Å². The summed E-state index contributed by atoms with van der Waals surface area (Å²) in [6.07, 6.45) is 6.30. The van der Waals surface area contributed by atoms with Crippen LogP contribution in [0, 0.1) is 6.92 Å². The van der Waals surface area contributed by atoms with Gasteiger partial charge in [-0.15, -0.1) is 0 Å². The van der Waals surface area contributed by atoms with Gasteiger partial charge in [-0.2, -0.15) is 0 Å². The highest BCUT2D eigenvalue weighted by Gasteiger charge is 2.28. The van der Waals surface area contributed by atoms with E-state index in [1.807, 2.05) is 0 Å². The second kappa shape index (κ2) is 9.03. The number of aromatic nitrogens is 1. The Balaban J connectivity index is 1.72. The van der Waals surface area contributed by atoms with Gasteiger partial charge >= 0.3 is 5.97 Å². The second-order valence-corrected chi connectivity index (χ2v) is 7.51. The molecule has 0 fully saturated rings. The Morgan fingerprint density at radius 1 is 1.29 bits per heavy atom. The summed E-state index contributed by atoms with van der Waals surface area (Å²) in [7, 11) is 4.20. The van der Waals surface area contributed by atoms with Crippen molar-refractivity contribution in [3.05, 3.63) is 53.3 Å². The number of nitrogens with zero attached hydrogens (tertiary/aromatic N) is 3. The Morgan fingerprint density at radius 3 is 2.86 bits per heavy atom. The topological polar surface area (TPSA) is 80.7 Å². The highest BCUT2D eigenvalue weighted by molar-refractivity contribution is 5.94. The van der Waals surface area contributed by atoms with Gasteiger partial charge in [-0.25, -0.2) is 10.2 Å². The Hall–Kier alpha value is -2.64. The number of anilines is 2. The van der Waals surface area contributed by atoms with E-state index in [9.17, 15) is 9.90 Å². The van der Waals surface area contributed by atoms with Crippen molar-refractivity contribution in [2.75, 3.05) is 37.5 Å². The number of benzene rings is 1. The van der Waals surface area contributed by atoms with Crippen molar-refractivity contribution < 1.29 is 9.90 Å². The van der Waals surface area contributed by atoms with E-state index in [0.717, 1.165) is 30.8 Å². The number of aryl methyl sites for hydroxylation is 1. The van der Waals surface area contributed by atoms with Gasteiger partial charge in [0, 0.05) is 18.3 Å². The first-order valence-corrected chi connectivity index (χ1v) is 9.68. The molecule has 2 heterocycles. The zero-order valence-electron chi connectivity index (χ0n) is 16.8. The van der Waals surface area contributed by atoms with Crippen LogP contribution in [0.3, 0.4) is 0 Å². The van der Waals surface area contributed by atoms with Crippen LogP contribution in [-0.2, 0) is 0 Å². The first-order valence-electron chi connectivity index (χ1n) is 9.68.